The fraction of sp³-hybridized carbons (Fsp3) is 0.606. The number of sulfone groups is 1. The average Bonchev–Trinajstić information content (AvgIpc) is 2.99. The van der Waals surface area contributed by atoms with E-state index in [1.165, 1.54) is 16.7 Å². The van der Waals surface area contributed by atoms with Crippen molar-refractivity contribution in [3.05, 3.63) is 63.0 Å². The van der Waals surface area contributed by atoms with E-state index in [4.69, 9.17) is 4.11 Å². The lowest BCUT2D eigenvalue weighted by atomic mass is 9.88. The van der Waals surface area contributed by atoms with Gasteiger partial charge in [-0.25, -0.2) is 31.6 Å². The second-order valence-electron chi connectivity index (χ2n) is 13.0. The number of fused-ring (bicyclic) bond motifs is 8. The molecule has 0 radical (unpaired) electrons. The number of pyridine rings is 1. The number of aryl methyl sites for hydroxylation is 2. The number of rotatable bonds is 1. The van der Waals surface area contributed by atoms with Crippen molar-refractivity contribution in [2.45, 2.75) is 89.6 Å². The lowest BCUT2D eigenvalue weighted by Gasteiger charge is -2.41. The zero-order chi connectivity index (χ0) is 34.4. The number of hydrogen-bond donors (Lipinski definition) is 1. The Kier molecular flexibility index (Phi) is 7.95. The molecule has 0 unspecified atom stereocenters. The Balaban J connectivity index is 1.48. The van der Waals surface area contributed by atoms with Crippen molar-refractivity contribution in [2.24, 2.45) is 5.92 Å². The largest absolute Gasteiger partial charge is 0.363 e. The van der Waals surface area contributed by atoms with Crippen molar-refractivity contribution >= 4 is 26.7 Å². The van der Waals surface area contributed by atoms with E-state index in [2.05, 4.69) is 20.2 Å². The topological polar surface area (TPSA) is 97.2 Å². The maximum atomic E-state index is 16.0. The number of hydrogen-bond acceptors (Lipinski definition) is 7. The first kappa shape index (κ1) is 28.3. The van der Waals surface area contributed by atoms with Gasteiger partial charge in [-0.3, -0.25) is 9.36 Å². The smallest absolute Gasteiger partial charge is 0.276 e. The molecule has 2 aromatic heterocycles. The highest BCUT2D eigenvalue weighted by molar-refractivity contribution is 7.91. The third-order valence-electron chi connectivity index (χ3n) is 9.64. The van der Waals surface area contributed by atoms with Crippen LogP contribution in [0.5, 0.6) is 0 Å². The number of anilines is 1. The molecule has 0 amide bonds. The number of aromatic nitrogens is 3. The van der Waals surface area contributed by atoms with Crippen molar-refractivity contribution in [3.63, 3.8) is 0 Å². The summed E-state index contributed by atoms with van der Waals surface area (Å²) in [5.74, 6) is -5.60. The molecular weight excluding hydrogens is 603 g/mol. The predicted molar refractivity (Wildman–Crippen MR) is 169 cm³/mol. The molecule has 6 heterocycles. The van der Waals surface area contributed by atoms with Crippen LogP contribution in [-0.2, 0) is 22.3 Å². The van der Waals surface area contributed by atoms with Crippen LogP contribution < -0.4 is 10.9 Å². The highest BCUT2D eigenvalue weighted by Gasteiger charge is 2.41. The number of alkyl halides is 2. The molecule has 0 saturated carbocycles. The molecule has 8 bridgehead atoms. The standard InChI is InChI=1S/C33H42F3N5O3S/c1-21-25-9-8-10-28(29(25)34)33(35,36)18-23-19-40(20-23)13-6-4-3-5-7-14-41-31-27(30(37-21)38-22(2)39-31)17-26(32(41)42)24-11-15-45(43,44)16-12-24/h8-10,17,21,23-24H,3-7,11-16,18-20H2,1-2H3,(H,37,38,39)/t21-/m1/s1/i2D3. The fourth-order valence-corrected chi connectivity index (χ4v) is 8.61. The first-order valence-electron chi connectivity index (χ1n) is 17.4. The van der Waals surface area contributed by atoms with Gasteiger partial charge in [0.25, 0.3) is 11.5 Å². The van der Waals surface area contributed by atoms with Crippen LogP contribution in [-0.4, -0.2) is 59.0 Å². The van der Waals surface area contributed by atoms with E-state index >= 15 is 13.2 Å². The Morgan fingerprint density at radius 3 is 2.47 bits per heavy atom. The summed E-state index contributed by atoms with van der Waals surface area (Å²) in [5.41, 5.74) is -0.592. The van der Waals surface area contributed by atoms with Crippen LogP contribution >= 0.6 is 0 Å². The maximum absolute atomic E-state index is 16.0. The molecule has 12 heteroatoms. The second kappa shape index (κ2) is 12.7. The van der Waals surface area contributed by atoms with E-state index in [-0.39, 0.29) is 65.3 Å². The molecule has 244 valence electrons. The Hall–Kier alpha value is -2.99. The van der Waals surface area contributed by atoms with Gasteiger partial charge < -0.3 is 10.2 Å². The van der Waals surface area contributed by atoms with E-state index < -0.39 is 52.3 Å². The van der Waals surface area contributed by atoms with Crippen LogP contribution in [0.15, 0.2) is 29.1 Å². The maximum Gasteiger partial charge on any atom is 0.276 e. The van der Waals surface area contributed by atoms with Gasteiger partial charge in [0.15, 0.2) is 0 Å². The molecule has 3 aromatic rings. The summed E-state index contributed by atoms with van der Waals surface area (Å²) in [6, 6.07) is 4.57. The van der Waals surface area contributed by atoms with Gasteiger partial charge in [-0.05, 0) is 63.9 Å². The van der Waals surface area contributed by atoms with Crippen LogP contribution in [0.1, 0.15) is 96.9 Å². The van der Waals surface area contributed by atoms with Crippen LogP contribution in [0.2, 0.25) is 0 Å². The summed E-state index contributed by atoms with van der Waals surface area (Å²) in [6.07, 6.45) is 4.25. The Morgan fingerprint density at radius 1 is 1.02 bits per heavy atom. The average molecular weight is 649 g/mol. The quantitative estimate of drug-likeness (QED) is 0.342. The normalized spacial score (nSPS) is 27.3. The fourth-order valence-electron chi connectivity index (χ4n) is 7.12. The van der Waals surface area contributed by atoms with Crippen molar-refractivity contribution < 1.29 is 25.7 Å². The first-order chi connectivity index (χ1) is 22.6. The minimum atomic E-state index is -3.39. The van der Waals surface area contributed by atoms with Crippen molar-refractivity contribution in [1.82, 2.24) is 19.4 Å². The van der Waals surface area contributed by atoms with Gasteiger partial charge in [0.05, 0.1) is 28.5 Å². The van der Waals surface area contributed by atoms with E-state index in [0.29, 0.717) is 30.5 Å². The second-order valence-corrected chi connectivity index (χ2v) is 15.3. The minimum absolute atomic E-state index is 0.0223. The molecule has 1 atom stereocenters. The zero-order valence-electron chi connectivity index (χ0n) is 28.5. The van der Waals surface area contributed by atoms with Gasteiger partial charge in [-0.15, -0.1) is 0 Å². The first-order valence-corrected chi connectivity index (χ1v) is 17.8. The molecule has 4 aliphatic rings. The van der Waals surface area contributed by atoms with E-state index in [0.717, 1.165) is 38.3 Å². The molecule has 4 aliphatic heterocycles. The van der Waals surface area contributed by atoms with E-state index in [9.17, 15) is 13.2 Å². The predicted octanol–water partition coefficient (Wildman–Crippen LogP) is 6.08. The van der Waals surface area contributed by atoms with Crippen LogP contribution in [0.4, 0.5) is 19.0 Å². The summed E-state index contributed by atoms with van der Waals surface area (Å²) in [5, 5.41) is 3.39. The number of nitrogens with one attached hydrogen (secondary N) is 1. The summed E-state index contributed by atoms with van der Waals surface area (Å²) in [7, 11) is -3.21. The summed E-state index contributed by atoms with van der Waals surface area (Å²) in [6.45, 7) is 0.997. The van der Waals surface area contributed by atoms with Crippen LogP contribution in [0, 0.1) is 18.6 Å². The lowest BCUT2D eigenvalue weighted by molar-refractivity contribution is -0.0592. The van der Waals surface area contributed by atoms with Crippen molar-refractivity contribution in [3.8, 4) is 0 Å². The molecule has 1 N–H and O–H groups in total. The molecular formula is C33H42F3N5O3S. The Bertz CT molecular complexity index is 1830. The molecule has 0 spiro atoms. The number of nitrogens with zero attached hydrogens (tertiary/aromatic N) is 4. The molecule has 1 aromatic carbocycles. The molecule has 2 saturated heterocycles. The van der Waals surface area contributed by atoms with Crippen LogP contribution in [0.25, 0.3) is 11.0 Å². The third-order valence-corrected chi connectivity index (χ3v) is 11.4. The number of benzene rings is 1. The van der Waals surface area contributed by atoms with Gasteiger partial charge in [-0.2, -0.15) is 0 Å². The lowest BCUT2D eigenvalue weighted by Crippen LogP contribution is -2.48. The summed E-state index contributed by atoms with van der Waals surface area (Å²) >= 11 is 0. The van der Waals surface area contributed by atoms with Gasteiger partial charge in [0.2, 0.25) is 0 Å². The highest BCUT2D eigenvalue weighted by atomic mass is 32.2. The number of halogens is 3. The summed E-state index contributed by atoms with van der Waals surface area (Å²) < 4.78 is 97.2. The van der Waals surface area contributed by atoms with Gasteiger partial charge in [-0.1, -0.05) is 37.5 Å². The minimum Gasteiger partial charge on any atom is -0.363 e. The van der Waals surface area contributed by atoms with Gasteiger partial charge >= 0.3 is 0 Å². The van der Waals surface area contributed by atoms with Gasteiger partial charge in [0.1, 0.15) is 32.9 Å². The van der Waals surface area contributed by atoms with E-state index in [1.807, 2.05) is 0 Å². The molecule has 2 fully saturated rings. The zero-order valence-corrected chi connectivity index (χ0v) is 26.3. The van der Waals surface area contributed by atoms with E-state index in [1.54, 1.807) is 13.0 Å². The Morgan fingerprint density at radius 2 is 1.73 bits per heavy atom. The molecule has 8 nitrogen and oxygen atoms in total. The van der Waals surface area contributed by atoms with Crippen LogP contribution in [0.3, 0.4) is 0 Å². The molecule has 0 aliphatic carbocycles. The van der Waals surface area contributed by atoms with Gasteiger partial charge in [0, 0.05) is 41.3 Å². The SMILES string of the molecule is [2H]C([2H])([2H])c1nc2c3cc(C4CCS(=O)(=O)CC4)c(=O)n(c3n1)CCCCCCCN1CC(C1)CC(F)(F)c1cccc(c1F)[C@@H](C)N2. The monoisotopic (exact) mass is 648 g/mol. The molecule has 45 heavy (non-hydrogen) atoms. The van der Waals surface area contributed by atoms with Crippen molar-refractivity contribution in [1.29, 1.82) is 0 Å². The summed E-state index contributed by atoms with van der Waals surface area (Å²) in [4.78, 5) is 24.9. The Labute approximate surface area is 266 Å². The third kappa shape index (κ3) is 6.77. The van der Waals surface area contributed by atoms with Crippen molar-refractivity contribution in [2.75, 3.05) is 36.5 Å². The highest BCUT2D eigenvalue weighted by Crippen LogP contribution is 2.41. The molecule has 7 rings (SSSR count).